The molecule has 0 spiro atoms. The van der Waals surface area contributed by atoms with Crippen molar-refractivity contribution in [2.45, 2.75) is 27.3 Å². The molecule has 0 bridgehead atoms. The monoisotopic (exact) mass is 477 g/mol. The fourth-order valence-corrected chi connectivity index (χ4v) is 4.24. The van der Waals surface area contributed by atoms with Gasteiger partial charge in [0.15, 0.2) is 17.8 Å². The Morgan fingerprint density at radius 3 is 2.48 bits per heavy atom. The summed E-state index contributed by atoms with van der Waals surface area (Å²) < 4.78 is 13.4. The number of amides is 1. The van der Waals surface area contributed by atoms with Gasteiger partial charge in [-0.15, -0.1) is 11.3 Å². The third kappa shape index (κ3) is 4.58. The number of imidazole rings is 1. The Bertz CT molecular complexity index is 1380. The fourth-order valence-electron chi connectivity index (χ4n) is 3.17. The van der Waals surface area contributed by atoms with Gasteiger partial charge in [0, 0.05) is 19.0 Å². The van der Waals surface area contributed by atoms with E-state index in [4.69, 9.17) is 9.47 Å². The van der Waals surface area contributed by atoms with E-state index in [1.807, 2.05) is 6.92 Å². The average Bonchev–Trinajstić information content (AvgIpc) is 3.30. The zero-order chi connectivity index (χ0) is 24.4. The molecule has 0 aliphatic carbocycles. The Balaban J connectivity index is 1.69. The van der Waals surface area contributed by atoms with Crippen molar-refractivity contribution < 1.29 is 23.9 Å². The normalized spacial score (nSPS) is 10.9. The highest BCUT2D eigenvalue weighted by molar-refractivity contribution is 7.16. The third-order valence-electron chi connectivity index (χ3n) is 5.00. The molecule has 0 atom stereocenters. The lowest BCUT2D eigenvalue weighted by Crippen LogP contribution is -2.37. The van der Waals surface area contributed by atoms with Crippen LogP contribution < -0.4 is 16.6 Å². The molecule has 3 aromatic heterocycles. The minimum Gasteiger partial charge on any atom is -0.462 e. The quantitative estimate of drug-likeness (QED) is 0.484. The number of aryl methyl sites for hydroxylation is 2. The van der Waals surface area contributed by atoms with Crippen molar-refractivity contribution in [2.75, 3.05) is 18.5 Å². The van der Waals surface area contributed by atoms with Crippen LogP contribution in [0.2, 0.25) is 0 Å². The third-order valence-corrected chi connectivity index (χ3v) is 6.12. The van der Waals surface area contributed by atoms with E-state index in [1.54, 1.807) is 13.8 Å². The van der Waals surface area contributed by atoms with Crippen LogP contribution in [0.3, 0.4) is 0 Å². The Labute approximate surface area is 191 Å². The summed E-state index contributed by atoms with van der Waals surface area (Å²) >= 11 is 1.22. The van der Waals surface area contributed by atoms with Crippen molar-refractivity contribution in [3.63, 3.8) is 0 Å². The smallest absolute Gasteiger partial charge is 0.341 e. The van der Waals surface area contributed by atoms with E-state index in [0.29, 0.717) is 10.6 Å². The van der Waals surface area contributed by atoms with E-state index in [9.17, 15) is 24.0 Å². The maximum absolute atomic E-state index is 12.4. The van der Waals surface area contributed by atoms with Crippen molar-refractivity contribution in [3.05, 3.63) is 43.2 Å². The Morgan fingerprint density at radius 1 is 1.12 bits per heavy atom. The Hall–Kier alpha value is -3.74. The number of aromatic nitrogens is 4. The Morgan fingerprint density at radius 2 is 1.82 bits per heavy atom. The molecule has 3 heterocycles. The van der Waals surface area contributed by atoms with Gasteiger partial charge in [0.1, 0.15) is 11.5 Å². The molecule has 33 heavy (non-hydrogen) atoms. The number of nitrogens with zero attached hydrogens (tertiary/aromatic N) is 4. The van der Waals surface area contributed by atoms with Gasteiger partial charge in [0.25, 0.3) is 11.5 Å². The first-order valence-corrected chi connectivity index (χ1v) is 10.7. The van der Waals surface area contributed by atoms with E-state index in [1.165, 1.54) is 40.9 Å². The summed E-state index contributed by atoms with van der Waals surface area (Å²) in [4.78, 5) is 66.1. The lowest BCUT2D eigenvalue weighted by Gasteiger charge is -2.09. The molecule has 0 saturated carbocycles. The average molecular weight is 477 g/mol. The number of hydrogen-bond donors (Lipinski definition) is 1. The van der Waals surface area contributed by atoms with Gasteiger partial charge < -0.3 is 19.4 Å². The molecule has 1 N–H and O–H groups in total. The van der Waals surface area contributed by atoms with Gasteiger partial charge in [0.05, 0.1) is 18.5 Å². The predicted octanol–water partition coefficient (Wildman–Crippen LogP) is 0.471. The second-order valence-electron chi connectivity index (χ2n) is 7.17. The topological polar surface area (TPSA) is 144 Å². The van der Waals surface area contributed by atoms with Crippen LogP contribution in [-0.4, -0.2) is 49.7 Å². The van der Waals surface area contributed by atoms with Gasteiger partial charge in [-0.2, -0.15) is 0 Å². The lowest BCUT2D eigenvalue weighted by atomic mass is 10.1. The summed E-state index contributed by atoms with van der Waals surface area (Å²) in [6, 6.07) is 0. The van der Waals surface area contributed by atoms with E-state index < -0.39 is 35.7 Å². The molecule has 12 nitrogen and oxygen atoms in total. The van der Waals surface area contributed by atoms with Gasteiger partial charge >= 0.3 is 17.6 Å². The molecule has 3 rings (SSSR count). The molecule has 0 fully saturated rings. The number of nitrogens with one attached hydrogen (secondary N) is 1. The molecular weight excluding hydrogens is 454 g/mol. The molecule has 0 aliphatic rings. The van der Waals surface area contributed by atoms with Crippen LogP contribution in [0.25, 0.3) is 11.2 Å². The van der Waals surface area contributed by atoms with Crippen LogP contribution in [0.5, 0.6) is 0 Å². The molecule has 0 aromatic carbocycles. The zero-order valence-corrected chi connectivity index (χ0v) is 19.6. The first kappa shape index (κ1) is 23.9. The first-order chi connectivity index (χ1) is 15.6. The molecule has 0 radical (unpaired) electrons. The maximum Gasteiger partial charge on any atom is 0.341 e. The number of carbonyl (C=O) groups excluding carboxylic acids is 3. The summed E-state index contributed by atoms with van der Waals surface area (Å²) in [6.45, 7) is 4.46. The minimum atomic E-state index is -0.787. The number of esters is 2. The highest BCUT2D eigenvalue weighted by atomic mass is 32.1. The van der Waals surface area contributed by atoms with Crippen LogP contribution >= 0.6 is 11.3 Å². The highest BCUT2D eigenvalue weighted by Gasteiger charge is 2.23. The van der Waals surface area contributed by atoms with Crippen LogP contribution in [0.1, 0.15) is 27.7 Å². The largest absolute Gasteiger partial charge is 0.462 e. The van der Waals surface area contributed by atoms with Crippen LogP contribution in [-0.2, 0) is 39.7 Å². The number of anilines is 1. The summed E-state index contributed by atoms with van der Waals surface area (Å²) in [6.07, 6.45) is 1.25. The number of rotatable bonds is 7. The van der Waals surface area contributed by atoms with E-state index in [-0.39, 0.29) is 29.9 Å². The van der Waals surface area contributed by atoms with Crippen molar-refractivity contribution in [1.29, 1.82) is 0 Å². The molecule has 176 valence electrons. The molecular formula is C20H23N5O7S. The Kier molecular flexibility index (Phi) is 6.81. The standard InChI is InChI=1S/C20H23N5O7S/c1-6-31-19(29)14-10(2)11(3)33-17(14)22-12(26)8-32-13(27)7-25-9-21-16-15(25)18(28)24(5)20(30)23(16)4/h9H,6-8H2,1-5H3,(H,22,26). The van der Waals surface area contributed by atoms with E-state index in [0.717, 1.165) is 9.44 Å². The number of ether oxygens (including phenoxy) is 2. The second kappa shape index (κ2) is 9.40. The fraction of sp³-hybridized carbons (Fsp3) is 0.400. The van der Waals surface area contributed by atoms with Crippen LogP contribution in [0, 0.1) is 13.8 Å². The van der Waals surface area contributed by atoms with Gasteiger partial charge in [-0.1, -0.05) is 0 Å². The van der Waals surface area contributed by atoms with Crippen molar-refractivity contribution in [1.82, 2.24) is 18.7 Å². The highest BCUT2D eigenvalue weighted by Crippen LogP contribution is 2.33. The predicted molar refractivity (Wildman–Crippen MR) is 120 cm³/mol. The van der Waals surface area contributed by atoms with E-state index in [2.05, 4.69) is 10.3 Å². The van der Waals surface area contributed by atoms with Gasteiger partial charge in [-0.25, -0.2) is 14.6 Å². The van der Waals surface area contributed by atoms with E-state index >= 15 is 0 Å². The summed E-state index contributed by atoms with van der Waals surface area (Å²) in [5.74, 6) is -1.97. The van der Waals surface area contributed by atoms with Crippen LogP contribution in [0.15, 0.2) is 15.9 Å². The molecule has 0 unspecified atom stereocenters. The minimum absolute atomic E-state index is 0.0598. The van der Waals surface area contributed by atoms with Crippen LogP contribution in [0.4, 0.5) is 5.00 Å². The zero-order valence-electron chi connectivity index (χ0n) is 18.8. The molecule has 1 amide bonds. The molecule has 0 aliphatic heterocycles. The van der Waals surface area contributed by atoms with Gasteiger partial charge in [0.2, 0.25) is 0 Å². The summed E-state index contributed by atoms with van der Waals surface area (Å²) in [5.41, 5.74) is 0.0107. The maximum atomic E-state index is 12.4. The number of carbonyl (C=O) groups is 3. The lowest BCUT2D eigenvalue weighted by molar-refractivity contribution is -0.147. The van der Waals surface area contributed by atoms with Crippen molar-refractivity contribution >= 4 is 45.3 Å². The number of fused-ring (bicyclic) bond motifs is 1. The van der Waals surface area contributed by atoms with Gasteiger partial charge in [-0.3, -0.25) is 23.5 Å². The second-order valence-corrected chi connectivity index (χ2v) is 8.39. The molecule has 13 heteroatoms. The van der Waals surface area contributed by atoms with Crippen molar-refractivity contribution in [3.8, 4) is 0 Å². The van der Waals surface area contributed by atoms with Gasteiger partial charge in [-0.05, 0) is 26.3 Å². The SMILES string of the molecule is CCOC(=O)c1c(NC(=O)COC(=O)Cn2cnc3c2c(=O)n(C)c(=O)n3C)sc(C)c1C. The molecule has 0 saturated heterocycles. The van der Waals surface area contributed by atoms with Crippen molar-refractivity contribution in [2.24, 2.45) is 14.1 Å². The first-order valence-electron chi connectivity index (χ1n) is 9.90. The summed E-state index contributed by atoms with van der Waals surface area (Å²) in [7, 11) is 2.78. The number of hydrogen-bond acceptors (Lipinski definition) is 9. The molecule has 3 aromatic rings. The number of thiophene rings is 1. The summed E-state index contributed by atoms with van der Waals surface area (Å²) in [5, 5.41) is 2.89.